The van der Waals surface area contributed by atoms with E-state index in [4.69, 9.17) is 17.3 Å². The van der Waals surface area contributed by atoms with Gasteiger partial charge >= 0.3 is 5.97 Å². The van der Waals surface area contributed by atoms with Crippen LogP contribution in [0.1, 0.15) is 18.5 Å². The number of H-pyrrole nitrogens is 1. The zero-order chi connectivity index (χ0) is 10.8. The summed E-state index contributed by atoms with van der Waals surface area (Å²) in [5, 5.41) is 8.90. The molecule has 0 aromatic carbocycles. The van der Waals surface area contributed by atoms with E-state index in [0.29, 0.717) is 5.69 Å². The van der Waals surface area contributed by atoms with Crippen LogP contribution in [-0.4, -0.2) is 26.6 Å². The molecule has 0 radical (unpaired) electrons. The molecule has 2 unspecified atom stereocenters. The molecule has 1 heterocycles. The number of hydrogen-bond donors (Lipinski definition) is 3. The van der Waals surface area contributed by atoms with Crippen molar-refractivity contribution in [1.82, 2.24) is 9.97 Å². The second kappa shape index (κ2) is 3.52. The number of imidazole rings is 1. The Bertz CT molecular complexity index is 366. The van der Waals surface area contributed by atoms with Gasteiger partial charge in [0.25, 0.3) is 0 Å². The smallest absolute Gasteiger partial charge is 0.336 e. The van der Waals surface area contributed by atoms with Crippen LogP contribution in [0.5, 0.6) is 0 Å². The van der Waals surface area contributed by atoms with Gasteiger partial charge in [-0.2, -0.15) is 0 Å². The van der Waals surface area contributed by atoms with E-state index in [0.717, 1.165) is 0 Å². The summed E-state index contributed by atoms with van der Waals surface area (Å²) in [4.78, 5) is 17.4. The minimum atomic E-state index is -1.70. The summed E-state index contributed by atoms with van der Waals surface area (Å²) >= 11 is 0. The molecule has 5 heteroatoms. The Balaban J connectivity index is 3.04. The number of carboxylic acids is 1. The molecule has 0 aliphatic heterocycles. The predicted molar refractivity (Wildman–Crippen MR) is 50.4 cm³/mol. The molecular formula is C9H11N3O2. The first kappa shape index (κ1) is 10.3. The van der Waals surface area contributed by atoms with Crippen LogP contribution in [0, 0.1) is 12.3 Å². The van der Waals surface area contributed by atoms with E-state index in [2.05, 4.69) is 15.9 Å². The van der Waals surface area contributed by atoms with Gasteiger partial charge < -0.3 is 15.8 Å². The molecule has 0 spiro atoms. The summed E-state index contributed by atoms with van der Waals surface area (Å²) in [5.41, 5.74) is 4.49. The van der Waals surface area contributed by atoms with Crippen LogP contribution in [0.25, 0.3) is 0 Å². The summed E-state index contributed by atoms with van der Waals surface area (Å²) in [6.45, 7) is 1.64. The van der Waals surface area contributed by atoms with Crippen molar-refractivity contribution in [2.24, 2.45) is 5.73 Å². The quantitative estimate of drug-likeness (QED) is 0.586. The van der Waals surface area contributed by atoms with Gasteiger partial charge in [-0.1, -0.05) is 12.8 Å². The molecule has 0 saturated heterocycles. The summed E-state index contributed by atoms with van der Waals surface area (Å²) in [7, 11) is 0. The molecule has 2 atom stereocenters. The summed E-state index contributed by atoms with van der Waals surface area (Å²) < 4.78 is 0. The van der Waals surface area contributed by atoms with E-state index in [1.54, 1.807) is 6.92 Å². The van der Waals surface area contributed by atoms with Crippen molar-refractivity contribution < 1.29 is 9.90 Å². The molecule has 14 heavy (non-hydrogen) atoms. The minimum absolute atomic E-state index is 0.521. The first-order valence-corrected chi connectivity index (χ1v) is 4.00. The van der Waals surface area contributed by atoms with Crippen LogP contribution in [0.2, 0.25) is 0 Å². The SMILES string of the molecule is C#CC(N)(C(=O)O)C(C)c1cnc[nH]1. The molecule has 0 bridgehead atoms. The van der Waals surface area contributed by atoms with Gasteiger partial charge in [0, 0.05) is 17.8 Å². The van der Waals surface area contributed by atoms with Crippen LogP contribution in [0.15, 0.2) is 12.5 Å². The molecule has 0 amide bonds. The van der Waals surface area contributed by atoms with Crippen LogP contribution < -0.4 is 5.73 Å². The van der Waals surface area contributed by atoms with Crippen molar-refractivity contribution in [3.05, 3.63) is 18.2 Å². The minimum Gasteiger partial charge on any atom is -0.479 e. The summed E-state index contributed by atoms with van der Waals surface area (Å²) in [6.07, 6.45) is 8.08. The molecule has 0 aliphatic rings. The molecule has 0 saturated carbocycles. The number of carboxylic acid groups (broad SMARTS) is 1. The van der Waals surface area contributed by atoms with E-state index in [1.165, 1.54) is 12.5 Å². The largest absolute Gasteiger partial charge is 0.479 e. The Morgan fingerprint density at radius 1 is 1.93 bits per heavy atom. The molecule has 0 fully saturated rings. The van der Waals surface area contributed by atoms with Crippen molar-refractivity contribution >= 4 is 5.97 Å². The molecule has 5 nitrogen and oxygen atoms in total. The number of terminal acetylenes is 1. The highest BCUT2D eigenvalue weighted by atomic mass is 16.4. The van der Waals surface area contributed by atoms with Gasteiger partial charge in [-0.25, -0.2) is 9.78 Å². The predicted octanol–water partition coefficient (Wildman–Crippen LogP) is -0.0715. The van der Waals surface area contributed by atoms with Gasteiger partial charge in [0.05, 0.1) is 6.33 Å². The van der Waals surface area contributed by atoms with E-state index >= 15 is 0 Å². The highest BCUT2D eigenvalue weighted by molar-refractivity contribution is 5.84. The second-order valence-electron chi connectivity index (χ2n) is 3.05. The number of aliphatic carboxylic acids is 1. The zero-order valence-electron chi connectivity index (χ0n) is 7.69. The molecule has 0 aliphatic carbocycles. The lowest BCUT2D eigenvalue weighted by Crippen LogP contribution is -2.51. The number of aromatic amines is 1. The summed E-state index contributed by atoms with van der Waals surface area (Å²) in [5.74, 6) is 0.355. The molecule has 74 valence electrons. The second-order valence-corrected chi connectivity index (χ2v) is 3.05. The first-order valence-electron chi connectivity index (χ1n) is 4.00. The van der Waals surface area contributed by atoms with E-state index in [1.807, 2.05) is 0 Å². The Morgan fingerprint density at radius 2 is 2.57 bits per heavy atom. The average molecular weight is 193 g/mol. The normalized spacial score (nSPS) is 16.6. The van der Waals surface area contributed by atoms with Crippen LogP contribution in [-0.2, 0) is 4.79 Å². The molecule has 1 aromatic rings. The van der Waals surface area contributed by atoms with Gasteiger partial charge in [0.2, 0.25) is 0 Å². The van der Waals surface area contributed by atoms with Gasteiger partial charge in [-0.3, -0.25) is 0 Å². The topological polar surface area (TPSA) is 92.0 Å². The Labute approximate surface area is 81.3 Å². The van der Waals surface area contributed by atoms with Gasteiger partial charge in [-0.15, -0.1) is 6.42 Å². The highest BCUT2D eigenvalue weighted by Crippen LogP contribution is 2.23. The fourth-order valence-corrected chi connectivity index (χ4v) is 1.12. The van der Waals surface area contributed by atoms with Gasteiger partial charge in [-0.05, 0) is 0 Å². The lowest BCUT2D eigenvalue weighted by molar-refractivity contribution is -0.141. The number of rotatable bonds is 3. The van der Waals surface area contributed by atoms with Gasteiger partial charge in [0.1, 0.15) is 0 Å². The zero-order valence-corrected chi connectivity index (χ0v) is 7.69. The first-order chi connectivity index (χ1) is 6.52. The maximum Gasteiger partial charge on any atom is 0.336 e. The van der Waals surface area contributed by atoms with E-state index < -0.39 is 17.4 Å². The van der Waals surface area contributed by atoms with E-state index in [-0.39, 0.29) is 0 Å². The number of nitrogens with one attached hydrogen (secondary N) is 1. The van der Waals surface area contributed by atoms with E-state index in [9.17, 15) is 4.79 Å². The standard InChI is InChI=1S/C9H11N3O2/c1-3-9(10,8(13)14)6(2)7-4-11-5-12-7/h1,4-6H,10H2,2H3,(H,11,12)(H,13,14). The summed E-state index contributed by atoms with van der Waals surface area (Å²) in [6, 6.07) is 0. The van der Waals surface area contributed by atoms with Crippen molar-refractivity contribution in [2.75, 3.05) is 0 Å². The fraction of sp³-hybridized carbons (Fsp3) is 0.333. The van der Waals surface area contributed by atoms with Crippen molar-refractivity contribution in [1.29, 1.82) is 0 Å². The average Bonchev–Trinajstić information content (AvgIpc) is 2.67. The van der Waals surface area contributed by atoms with Crippen LogP contribution in [0.4, 0.5) is 0 Å². The number of aromatic nitrogens is 2. The Kier molecular flexibility index (Phi) is 2.58. The third kappa shape index (κ3) is 1.47. The van der Waals surface area contributed by atoms with Crippen molar-refractivity contribution in [3.63, 3.8) is 0 Å². The lowest BCUT2D eigenvalue weighted by Gasteiger charge is -2.24. The van der Waals surface area contributed by atoms with Crippen molar-refractivity contribution in [2.45, 2.75) is 18.4 Å². The maximum atomic E-state index is 10.9. The van der Waals surface area contributed by atoms with Crippen molar-refractivity contribution in [3.8, 4) is 12.3 Å². The van der Waals surface area contributed by atoms with Gasteiger partial charge in [0.15, 0.2) is 5.54 Å². The number of nitrogens with zero attached hydrogens (tertiary/aromatic N) is 1. The Morgan fingerprint density at radius 3 is 2.93 bits per heavy atom. The molecule has 1 aromatic heterocycles. The number of nitrogens with two attached hydrogens (primary N) is 1. The third-order valence-electron chi connectivity index (χ3n) is 2.26. The maximum absolute atomic E-state index is 10.9. The highest BCUT2D eigenvalue weighted by Gasteiger charge is 2.39. The molecule has 4 N–H and O–H groups in total. The molecular weight excluding hydrogens is 182 g/mol. The van der Waals surface area contributed by atoms with Crippen LogP contribution in [0.3, 0.4) is 0 Å². The molecule has 1 rings (SSSR count). The number of hydrogen-bond acceptors (Lipinski definition) is 3. The number of carbonyl (C=O) groups is 1. The third-order valence-corrected chi connectivity index (χ3v) is 2.26. The Hall–Kier alpha value is -1.80. The fourth-order valence-electron chi connectivity index (χ4n) is 1.12. The van der Waals surface area contributed by atoms with Crippen LogP contribution >= 0.6 is 0 Å². The monoisotopic (exact) mass is 193 g/mol. The lowest BCUT2D eigenvalue weighted by atomic mass is 9.85.